The maximum atomic E-state index is 5.64. The van der Waals surface area contributed by atoms with Crippen molar-refractivity contribution in [3.8, 4) is 0 Å². The Morgan fingerprint density at radius 3 is 3.00 bits per heavy atom. The minimum absolute atomic E-state index is 0.387. The Morgan fingerprint density at radius 2 is 2.44 bits per heavy atom. The standard InChI is InChI=1S/C11H18N4O/c1-4-10-13-6-9(16-10)7-15-11(12)14-5-8(2)3/h6H,2,4-5,7H2,1,3H3,(H3,12,14,15). The normalized spacial score (nSPS) is 11.5. The molecule has 16 heavy (non-hydrogen) atoms. The number of rotatable bonds is 5. The van der Waals surface area contributed by atoms with E-state index in [1.807, 2.05) is 13.8 Å². The van der Waals surface area contributed by atoms with Crippen LogP contribution in [0.1, 0.15) is 25.5 Å². The molecule has 1 rings (SSSR count). The predicted molar refractivity (Wildman–Crippen MR) is 64.0 cm³/mol. The van der Waals surface area contributed by atoms with Crippen LogP contribution in [0.25, 0.3) is 0 Å². The van der Waals surface area contributed by atoms with Gasteiger partial charge in [0, 0.05) is 13.0 Å². The third kappa shape index (κ3) is 4.16. The van der Waals surface area contributed by atoms with E-state index in [4.69, 9.17) is 10.2 Å². The summed E-state index contributed by atoms with van der Waals surface area (Å²) in [5.41, 5.74) is 6.65. The summed E-state index contributed by atoms with van der Waals surface area (Å²) in [7, 11) is 0. The first kappa shape index (κ1) is 12.3. The summed E-state index contributed by atoms with van der Waals surface area (Å²) in [5, 5.41) is 2.94. The molecule has 0 radical (unpaired) electrons. The fourth-order valence-electron chi connectivity index (χ4n) is 1.05. The topological polar surface area (TPSA) is 76.4 Å². The second-order valence-corrected chi connectivity index (χ2v) is 3.59. The van der Waals surface area contributed by atoms with E-state index in [-0.39, 0.29) is 0 Å². The van der Waals surface area contributed by atoms with E-state index in [1.165, 1.54) is 0 Å². The lowest BCUT2D eigenvalue weighted by atomic mass is 10.3. The number of nitrogens with one attached hydrogen (secondary N) is 1. The van der Waals surface area contributed by atoms with Crippen molar-refractivity contribution >= 4 is 5.96 Å². The Hall–Kier alpha value is -1.78. The molecule has 0 bridgehead atoms. The summed E-state index contributed by atoms with van der Waals surface area (Å²) in [4.78, 5) is 8.20. The lowest BCUT2D eigenvalue weighted by Gasteiger charge is -2.03. The minimum atomic E-state index is 0.387. The van der Waals surface area contributed by atoms with Crippen molar-refractivity contribution in [1.29, 1.82) is 0 Å². The summed E-state index contributed by atoms with van der Waals surface area (Å²) >= 11 is 0. The van der Waals surface area contributed by atoms with Crippen molar-refractivity contribution in [2.24, 2.45) is 10.7 Å². The number of aryl methyl sites for hydroxylation is 1. The molecule has 1 aromatic rings. The van der Waals surface area contributed by atoms with Crippen LogP contribution in [0.3, 0.4) is 0 Å². The average Bonchev–Trinajstić information content (AvgIpc) is 2.71. The number of aromatic nitrogens is 1. The van der Waals surface area contributed by atoms with Crippen LogP contribution in [0.2, 0.25) is 0 Å². The van der Waals surface area contributed by atoms with E-state index >= 15 is 0 Å². The number of nitrogens with two attached hydrogens (primary N) is 1. The average molecular weight is 222 g/mol. The van der Waals surface area contributed by atoms with E-state index in [0.717, 1.165) is 23.6 Å². The van der Waals surface area contributed by atoms with Crippen LogP contribution in [0.15, 0.2) is 27.8 Å². The molecule has 0 aliphatic rings. The highest BCUT2D eigenvalue weighted by Gasteiger charge is 2.00. The predicted octanol–water partition coefficient (Wildman–Crippen LogP) is 1.22. The summed E-state index contributed by atoms with van der Waals surface area (Å²) in [6, 6.07) is 0. The molecule has 0 amide bonds. The molecule has 5 heteroatoms. The molecule has 1 heterocycles. The van der Waals surface area contributed by atoms with Gasteiger partial charge in [0.1, 0.15) is 12.3 Å². The molecule has 0 aliphatic carbocycles. The van der Waals surface area contributed by atoms with Crippen LogP contribution in [0, 0.1) is 0 Å². The van der Waals surface area contributed by atoms with E-state index < -0.39 is 0 Å². The summed E-state index contributed by atoms with van der Waals surface area (Å²) in [6.07, 6.45) is 2.46. The lowest BCUT2D eigenvalue weighted by Crippen LogP contribution is -2.32. The number of oxazole rings is 1. The monoisotopic (exact) mass is 222 g/mol. The smallest absolute Gasteiger partial charge is 0.194 e. The lowest BCUT2D eigenvalue weighted by molar-refractivity contribution is 0.461. The zero-order valence-electron chi connectivity index (χ0n) is 9.79. The first-order valence-electron chi connectivity index (χ1n) is 5.23. The zero-order valence-corrected chi connectivity index (χ0v) is 9.79. The highest BCUT2D eigenvalue weighted by molar-refractivity contribution is 5.77. The Balaban J connectivity index is 2.42. The Morgan fingerprint density at radius 1 is 1.69 bits per heavy atom. The zero-order chi connectivity index (χ0) is 12.0. The van der Waals surface area contributed by atoms with E-state index in [0.29, 0.717) is 19.0 Å². The van der Waals surface area contributed by atoms with Crippen molar-refractivity contribution in [3.63, 3.8) is 0 Å². The molecule has 0 spiro atoms. The van der Waals surface area contributed by atoms with Crippen molar-refractivity contribution in [2.45, 2.75) is 26.8 Å². The second-order valence-electron chi connectivity index (χ2n) is 3.59. The fourth-order valence-corrected chi connectivity index (χ4v) is 1.05. The Bertz CT molecular complexity index is 381. The van der Waals surface area contributed by atoms with Crippen molar-refractivity contribution < 1.29 is 4.42 Å². The minimum Gasteiger partial charge on any atom is -0.444 e. The van der Waals surface area contributed by atoms with E-state index in [1.54, 1.807) is 6.20 Å². The molecule has 3 N–H and O–H groups in total. The van der Waals surface area contributed by atoms with Gasteiger partial charge >= 0.3 is 0 Å². The van der Waals surface area contributed by atoms with E-state index in [9.17, 15) is 0 Å². The number of guanidine groups is 1. The highest BCUT2D eigenvalue weighted by atomic mass is 16.4. The van der Waals surface area contributed by atoms with Gasteiger partial charge in [0.05, 0.1) is 6.20 Å². The largest absolute Gasteiger partial charge is 0.444 e. The molecule has 0 unspecified atom stereocenters. The van der Waals surface area contributed by atoms with Crippen molar-refractivity contribution in [3.05, 3.63) is 30.0 Å². The SMILES string of the molecule is C=C(C)CNC(N)=NCc1cnc(CC)o1. The fraction of sp³-hybridized carbons (Fsp3) is 0.455. The molecular weight excluding hydrogens is 204 g/mol. The van der Waals surface area contributed by atoms with Gasteiger partial charge in [-0.25, -0.2) is 9.98 Å². The van der Waals surface area contributed by atoms with Gasteiger partial charge in [-0.15, -0.1) is 0 Å². The maximum Gasteiger partial charge on any atom is 0.194 e. The molecule has 0 saturated carbocycles. The van der Waals surface area contributed by atoms with Gasteiger partial charge in [-0.05, 0) is 6.92 Å². The van der Waals surface area contributed by atoms with Crippen LogP contribution in [-0.4, -0.2) is 17.5 Å². The van der Waals surface area contributed by atoms with Crippen LogP contribution in [-0.2, 0) is 13.0 Å². The first-order chi connectivity index (χ1) is 7.61. The summed E-state index contributed by atoms with van der Waals surface area (Å²) < 4.78 is 5.39. The van der Waals surface area contributed by atoms with Crippen molar-refractivity contribution in [1.82, 2.24) is 10.3 Å². The van der Waals surface area contributed by atoms with E-state index in [2.05, 4.69) is 21.9 Å². The molecular formula is C11H18N4O. The number of hydrogen-bond donors (Lipinski definition) is 2. The molecule has 5 nitrogen and oxygen atoms in total. The Labute approximate surface area is 95.5 Å². The molecule has 0 saturated heterocycles. The molecule has 0 aliphatic heterocycles. The van der Waals surface area contributed by atoms with Gasteiger partial charge in [-0.3, -0.25) is 0 Å². The quantitative estimate of drug-likeness (QED) is 0.446. The number of hydrogen-bond acceptors (Lipinski definition) is 3. The third-order valence-electron chi connectivity index (χ3n) is 1.88. The Kier molecular flexibility index (Phi) is 4.57. The van der Waals surface area contributed by atoms with Gasteiger partial charge in [0.2, 0.25) is 0 Å². The van der Waals surface area contributed by atoms with Crippen LogP contribution < -0.4 is 11.1 Å². The van der Waals surface area contributed by atoms with Crippen LogP contribution >= 0.6 is 0 Å². The molecule has 1 aromatic heterocycles. The number of nitrogens with zero attached hydrogens (tertiary/aromatic N) is 2. The van der Waals surface area contributed by atoms with Crippen LogP contribution in [0.5, 0.6) is 0 Å². The summed E-state index contributed by atoms with van der Waals surface area (Å²) in [6.45, 7) is 8.70. The van der Waals surface area contributed by atoms with Crippen LogP contribution in [0.4, 0.5) is 0 Å². The molecule has 88 valence electrons. The third-order valence-corrected chi connectivity index (χ3v) is 1.88. The maximum absolute atomic E-state index is 5.64. The van der Waals surface area contributed by atoms with Gasteiger partial charge in [0.15, 0.2) is 11.9 Å². The molecule has 0 fully saturated rings. The second kappa shape index (κ2) is 5.95. The highest BCUT2D eigenvalue weighted by Crippen LogP contribution is 2.04. The van der Waals surface area contributed by atoms with Gasteiger partial charge in [0.25, 0.3) is 0 Å². The number of aliphatic imine (C=N–C) groups is 1. The van der Waals surface area contributed by atoms with Gasteiger partial charge in [-0.2, -0.15) is 0 Å². The summed E-state index contributed by atoms with van der Waals surface area (Å²) in [5.74, 6) is 1.83. The van der Waals surface area contributed by atoms with Gasteiger partial charge < -0.3 is 15.5 Å². The molecule has 0 atom stereocenters. The molecule has 0 aromatic carbocycles. The first-order valence-corrected chi connectivity index (χ1v) is 5.23. The van der Waals surface area contributed by atoms with Crippen molar-refractivity contribution in [2.75, 3.05) is 6.54 Å². The van der Waals surface area contributed by atoms with Gasteiger partial charge in [-0.1, -0.05) is 19.1 Å².